The van der Waals surface area contributed by atoms with Gasteiger partial charge < -0.3 is 14.8 Å². The summed E-state index contributed by atoms with van der Waals surface area (Å²) < 4.78 is 64.8. The van der Waals surface area contributed by atoms with E-state index in [0.717, 1.165) is 18.2 Å². The number of carbonyl (C=O) groups is 1. The molecule has 7 nitrogen and oxygen atoms in total. The van der Waals surface area contributed by atoms with Crippen LogP contribution in [0.3, 0.4) is 0 Å². The van der Waals surface area contributed by atoms with Crippen molar-refractivity contribution in [1.82, 2.24) is 4.31 Å². The summed E-state index contributed by atoms with van der Waals surface area (Å²) in [5, 5.41) is 2.38. The minimum atomic E-state index is -3.87. The summed E-state index contributed by atoms with van der Waals surface area (Å²) in [5.74, 6) is -1.84. The van der Waals surface area contributed by atoms with Gasteiger partial charge in [-0.25, -0.2) is 17.2 Å². The summed E-state index contributed by atoms with van der Waals surface area (Å²) in [6.45, 7) is 0.207. The van der Waals surface area contributed by atoms with Crippen LogP contribution in [0.2, 0.25) is 0 Å². The van der Waals surface area contributed by atoms with Crippen molar-refractivity contribution in [3.05, 3.63) is 48.0 Å². The van der Waals surface area contributed by atoms with Crippen molar-refractivity contribution < 1.29 is 31.5 Å². The van der Waals surface area contributed by atoms with Gasteiger partial charge in [0.1, 0.15) is 28.0 Å². The highest BCUT2D eigenvalue weighted by Crippen LogP contribution is 2.33. The molecule has 162 valence electrons. The van der Waals surface area contributed by atoms with Gasteiger partial charge in [0.25, 0.3) is 0 Å². The van der Waals surface area contributed by atoms with E-state index in [-0.39, 0.29) is 42.3 Å². The fourth-order valence-corrected chi connectivity index (χ4v) is 4.95. The number of methoxy groups -OCH3 is 2. The number of sulfonamides is 1. The summed E-state index contributed by atoms with van der Waals surface area (Å²) in [7, 11) is -1.06. The van der Waals surface area contributed by atoms with Crippen LogP contribution in [0.1, 0.15) is 12.8 Å². The number of anilines is 1. The van der Waals surface area contributed by atoms with Gasteiger partial charge in [0.2, 0.25) is 15.9 Å². The maximum atomic E-state index is 13.7. The van der Waals surface area contributed by atoms with Gasteiger partial charge in [-0.05, 0) is 37.1 Å². The van der Waals surface area contributed by atoms with E-state index in [0.29, 0.717) is 5.75 Å². The largest absolute Gasteiger partial charge is 0.497 e. The van der Waals surface area contributed by atoms with Gasteiger partial charge in [0.15, 0.2) is 0 Å². The van der Waals surface area contributed by atoms with Crippen molar-refractivity contribution in [1.29, 1.82) is 0 Å². The van der Waals surface area contributed by atoms with E-state index in [9.17, 15) is 22.0 Å². The number of benzene rings is 2. The number of rotatable bonds is 6. The maximum absolute atomic E-state index is 13.7. The monoisotopic (exact) mass is 440 g/mol. The number of halogens is 2. The number of carbonyl (C=O) groups excluding carboxylic acids is 1. The lowest BCUT2D eigenvalue weighted by Gasteiger charge is -2.31. The first kappa shape index (κ1) is 22.0. The van der Waals surface area contributed by atoms with E-state index in [4.69, 9.17) is 9.47 Å². The second kappa shape index (κ2) is 8.97. The first-order valence-corrected chi connectivity index (χ1v) is 10.7. The summed E-state index contributed by atoms with van der Waals surface area (Å²) in [5.41, 5.74) is -0.240. The lowest BCUT2D eigenvalue weighted by Crippen LogP contribution is -2.41. The third kappa shape index (κ3) is 4.54. The molecule has 3 rings (SSSR count). The van der Waals surface area contributed by atoms with Crippen LogP contribution in [0.15, 0.2) is 41.3 Å². The Balaban J connectivity index is 1.70. The van der Waals surface area contributed by atoms with Gasteiger partial charge in [0.05, 0.1) is 19.9 Å². The highest BCUT2D eigenvalue weighted by Gasteiger charge is 2.34. The third-order valence-corrected chi connectivity index (χ3v) is 6.92. The lowest BCUT2D eigenvalue weighted by molar-refractivity contribution is -0.120. The second-order valence-electron chi connectivity index (χ2n) is 6.81. The van der Waals surface area contributed by atoms with Gasteiger partial charge in [-0.2, -0.15) is 4.31 Å². The van der Waals surface area contributed by atoms with Crippen LogP contribution in [-0.4, -0.2) is 45.9 Å². The van der Waals surface area contributed by atoms with Crippen LogP contribution >= 0.6 is 0 Å². The summed E-state index contributed by atoms with van der Waals surface area (Å²) in [4.78, 5) is 12.4. The average Bonchev–Trinajstić information content (AvgIpc) is 2.75. The molecule has 0 bridgehead atoms. The van der Waals surface area contributed by atoms with Crippen LogP contribution in [0.25, 0.3) is 0 Å². The molecule has 2 aromatic rings. The van der Waals surface area contributed by atoms with Crippen molar-refractivity contribution in [2.45, 2.75) is 17.7 Å². The highest BCUT2D eigenvalue weighted by molar-refractivity contribution is 7.89. The summed E-state index contributed by atoms with van der Waals surface area (Å²) >= 11 is 0. The molecule has 0 aliphatic carbocycles. The van der Waals surface area contributed by atoms with Crippen molar-refractivity contribution in [2.75, 3.05) is 32.6 Å². The van der Waals surface area contributed by atoms with Gasteiger partial charge in [-0.1, -0.05) is 0 Å². The van der Waals surface area contributed by atoms with Crippen LogP contribution in [0.4, 0.5) is 14.5 Å². The van der Waals surface area contributed by atoms with Gasteiger partial charge >= 0.3 is 0 Å². The summed E-state index contributed by atoms with van der Waals surface area (Å²) in [6.07, 6.45) is 0.489. The molecule has 0 spiro atoms. The Kier molecular flexibility index (Phi) is 6.57. The molecular weight excluding hydrogens is 418 g/mol. The van der Waals surface area contributed by atoms with Crippen molar-refractivity contribution >= 4 is 21.6 Å². The predicted molar refractivity (Wildman–Crippen MR) is 106 cm³/mol. The molecule has 0 aromatic heterocycles. The lowest BCUT2D eigenvalue weighted by atomic mass is 9.97. The number of hydrogen-bond donors (Lipinski definition) is 1. The molecule has 0 unspecified atom stereocenters. The molecule has 0 saturated carbocycles. The van der Waals surface area contributed by atoms with E-state index in [1.54, 1.807) is 6.07 Å². The number of ether oxygens (including phenoxy) is 2. The minimum absolute atomic E-state index is 0.0194. The van der Waals surface area contributed by atoms with E-state index in [1.807, 2.05) is 0 Å². The average molecular weight is 440 g/mol. The second-order valence-corrected chi connectivity index (χ2v) is 8.71. The van der Waals surface area contributed by atoms with Crippen molar-refractivity contribution in [3.63, 3.8) is 0 Å². The van der Waals surface area contributed by atoms with Gasteiger partial charge in [0, 0.05) is 31.1 Å². The number of nitrogens with zero attached hydrogens (tertiary/aromatic N) is 1. The van der Waals surface area contributed by atoms with Crippen LogP contribution in [0.5, 0.6) is 11.5 Å². The Morgan fingerprint density at radius 1 is 1.07 bits per heavy atom. The van der Waals surface area contributed by atoms with Crippen molar-refractivity contribution in [2.24, 2.45) is 5.92 Å². The van der Waals surface area contributed by atoms with E-state index >= 15 is 0 Å². The fraction of sp³-hybridized carbons (Fsp3) is 0.350. The fourth-order valence-electron chi connectivity index (χ4n) is 3.31. The molecule has 1 N–H and O–H groups in total. The molecule has 1 aliphatic rings. The number of piperidine rings is 1. The molecule has 30 heavy (non-hydrogen) atoms. The topological polar surface area (TPSA) is 84.9 Å². The highest BCUT2D eigenvalue weighted by atomic mass is 32.2. The SMILES string of the molecule is COc1ccc(OC)c(S(=O)(=O)N2CCC(C(=O)Nc3cc(F)ccc3F)CC2)c1. The Labute approximate surface area is 173 Å². The summed E-state index contributed by atoms with van der Waals surface area (Å²) in [6, 6.07) is 7.30. The van der Waals surface area contributed by atoms with E-state index < -0.39 is 33.5 Å². The van der Waals surface area contributed by atoms with Gasteiger partial charge in [-0.3, -0.25) is 4.79 Å². The molecule has 10 heteroatoms. The third-order valence-electron chi connectivity index (χ3n) is 5.00. The smallest absolute Gasteiger partial charge is 0.246 e. The number of amides is 1. The molecule has 2 aromatic carbocycles. The van der Waals surface area contributed by atoms with Crippen LogP contribution in [0, 0.1) is 17.6 Å². The Hall–Kier alpha value is -2.72. The van der Waals surface area contributed by atoms with Crippen molar-refractivity contribution in [3.8, 4) is 11.5 Å². The van der Waals surface area contributed by atoms with E-state index in [2.05, 4.69) is 5.32 Å². The molecule has 1 amide bonds. The zero-order chi connectivity index (χ0) is 21.9. The quantitative estimate of drug-likeness (QED) is 0.747. The number of nitrogens with one attached hydrogen (secondary N) is 1. The Morgan fingerprint density at radius 2 is 1.77 bits per heavy atom. The Bertz CT molecular complexity index is 1040. The van der Waals surface area contributed by atoms with Crippen LogP contribution < -0.4 is 14.8 Å². The maximum Gasteiger partial charge on any atom is 0.246 e. The zero-order valence-electron chi connectivity index (χ0n) is 16.5. The molecule has 1 saturated heterocycles. The molecule has 1 fully saturated rings. The van der Waals surface area contributed by atoms with E-state index in [1.165, 1.54) is 30.7 Å². The zero-order valence-corrected chi connectivity index (χ0v) is 17.3. The standard InChI is InChI=1S/C20H22F2N2O5S/c1-28-15-4-6-18(29-2)19(12-15)30(26,27)24-9-7-13(8-10-24)20(25)23-17-11-14(21)3-5-16(17)22/h3-6,11-13H,7-10H2,1-2H3,(H,23,25). The number of hydrogen-bond acceptors (Lipinski definition) is 5. The predicted octanol–water partition coefficient (Wildman–Crippen LogP) is 3.02. The first-order chi connectivity index (χ1) is 14.3. The minimum Gasteiger partial charge on any atom is -0.497 e. The molecule has 0 atom stereocenters. The van der Waals surface area contributed by atoms with Gasteiger partial charge in [-0.15, -0.1) is 0 Å². The molecular formula is C20H22F2N2O5S. The molecule has 0 radical (unpaired) electrons. The normalized spacial score (nSPS) is 15.6. The molecule has 1 aliphatic heterocycles. The molecule has 1 heterocycles. The van der Waals surface area contributed by atoms with Crippen LogP contribution in [-0.2, 0) is 14.8 Å². The Morgan fingerprint density at radius 3 is 2.40 bits per heavy atom. The first-order valence-electron chi connectivity index (χ1n) is 9.24.